The molecule has 3 heterocycles. The number of anilines is 1. The molecule has 1 atom stereocenters. The van der Waals surface area contributed by atoms with Crippen molar-refractivity contribution < 1.29 is 9.90 Å². The predicted molar refractivity (Wildman–Crippen MR) is 139 cm³/mol. The number of nitrogens with zero attached hydrogens (tertiary/aromatic N) is 5. The third-order valence-electron chi connectivity index (χ3n) is 6.06. The normalized spacial score (nSPS) is 11.7. The standard InChI is InChI=1S/C28H22N6O3/c1-17-11-22(18(2)31-23-6-4-3-5-21(23)28(36)37)27-32-24(12-26(35)34(27)14-17)25-15-33(16-30-25)20-9-7-19(13-29)8-10-20/h3-12,14-16,18,31H,1-2H3,(H,36,37)/t18-/m1/s1. The molecule has 0 unspecified atom stereocenters. The molecule has 0 saturated carbocycles. The number of benzene rings is 2. The van der Waals surface area contributed by atoms with Gasteiger partial charge in [0, 0.05) is 35.4 Å². The number of rotatable bonds is 6. The molecule has 0 fully saturated rings. The smallest absolute Gasteiger partial charge is 0.337 e. The van der Waals surface area contributed by atoms with Gasteiger partial charge in [0.1, 0.15) is 11.3 Å². The number of carboxylic acid groups (broad SMARTS) is 1. The van der Waals surface area contributed by atoms with Gasteiger partial charge in [-0.3, -0.25) is 9.20 Å². The minimum atomic E-state index is -1.03. The van der Waals surface area contributed by atoms with E-state index in [1.54, 1.807) is 53.6 Å². The van der Waals surface area contributed by atoms with E-state index in [-0.39, 0.29) is 17.2 Å². The van der Waals surface area contributed by atoms with Crippen molar-refractivity contribution in [2.75, 3.05) is 5.32 Å². The summed E-state index contributed by atoms with van der Waals surface area (Å²) in [5.41, 5.74) is 4.76. The minimum Gasteiger partial charge on any atom is -0.478 e. The van der Waals surface area contributed by atoms with E-state index in [0.717, 1.165) is 16.8 Å². The number of carbonyl (C=O) groups is 1. The van der Waals surface area contributed by atoms with Crippen LogP contribution in [0.15, 0.2) is 84.2 Å². The lowest BCUT2D eigenvalue weighted by molar-refractivity contribution is 0.0698. The zero-order chi connectivity index (χ0) is 26.1. The minimum absolute atomic E-state index is 0.158. The molecular formula is C28H22N6O3. The number of carboxylic acids is 1. The third-order valence-corrected chi connectivity index (χ3v) is 6.06. The lowest BCUT2D eigenvalue weighted by Crippen LogP contribution is -2.19. The number of aromatic carboxylic acids is 1. The van der Waals surface area contributed by atoms with Crippen LogP contribution in [0.4, 0.5) is 5.69 Å². The quantitative estimate of drug-likeness (QED) is 0.356. The second-order valence-corrected chi connectivity index (χ2v) is 8.69. The molecule has 0 spiro atoms. The van der Waals surface area contributed by atoms with Crippen molar-refractivity contribution in [3.8, 4) is 23.1 Å². The zero-order valence-electron chi connectivity index (χ0n) is 20.1. The van der Waals surface area contributed by atoms with Crippen molar-refractivity contribution in [3.63, 3.8) is 0 Å². The predicted octanol–water partition coefficient (Wildman–Crippen LogP) is 4.60. The van der Waals surface area contributed by atoms with E-state index in [2.05, 4.69) is 16.4 Å². The Kier molecular flexibility index (Phi) is 5.99. The van der Waals surface area contributed by atoms with Crippen LogP contribution >= 0.6 is 0 Å². The summed E-state index contributed by atoms with van der Waals surface area (Å²) in [5, 5.41) is 21.8. The number of nitriles is 1. The maximum Gasteiger partial charge on any atom is 0.337 e. The molecule has 37 heavy (non-hydrogen) atoms. The number of imidazole rings is 1. The van der Waals surface area contributed by atoms with Gasteiger partial charge in [0.25, 0.3) is 5.56 Å². The van der Waals surface area contributed by atoms with E-state index in [1.807, 2.05) is 32.0 Å². The Bertz CT molecular complexity index is 1750. The molecule has 5 aromatic rings. The summed E-state index contributed by atoms with van der Waals surface area (Å²) in [6.07, 6.45) is 5.13. The van der Waals surface area contributed by atoms with Crippen molar-refractivity contribution in [1.29, 1.82) is 5.26 Å². The van der Waals surface area contributed by atoms with E-state index in [1.165, 1.54) is 16.5 Å². The van der Waals surface area contributed by atoms with Gasteiger partial charge in [-0.05, 0) is 61.9 Å². The first-order valence-corrected chi connectivity index (χ1v) is 11.5. The molecule has 0 saturated heterocycles. The number of pyridine rings is 1. The second kappa shape index (κ2) is 9.43. The number of hydrogen-bond acceptors (Lipinski definition) is 6. The van der Waals surface area contributed by atoms with Gasteiger partial charge in [-0.1, -0.05) is 12.1 Å². The summed E-state index contributed by atoms with van der Waals surface area (Å²) in [6, 6.07) is 18.9. The summed E-state index contributed by atoms with van der Waals surface area (Å²) in [7, 11) is 0. The fraction of sp³-hybridized carbons (Fsp3) is 0.107. The van der Waals surface area contributed by atoms with Crippen LogP contribution in [0.1, 0.15) is 40.0 Å². The molecule has 5 rings (SSSR count). The van der Waals surface area contributed by atoms with Crippen LogP contribution in [-0.2, 0) is 0 Å². The third kappa shape index (κ3) is 4.56. The lowest BCUT2D eigenvalue weighted by Gasteiger charge is -2.19. The molecule has 0 radical (unpaired) electrons. The van der Waals surface area contributed by atoms with Crippen LogP contribution in [0.5, 0.6) is 0 Å². The second-order valence-electron chi connectivity index (χ2n) is 8.69. The molecule has 9 nitrogen and oxygen atoms in total. The van der Waals surface area contributed by atoms with Crippen LogP contribution in [0.3, 0.4) is 0 Å². The summed E-state index contributed by atoms with van der Waals surface area (Å²) >= 11 is 0. The Hall–Kier alpha value is -5.23. The van der Waals surface area contributed by atoms with Gasteiger partial charge in [0.05, 0.1) is 35.3 Å². The molecule has 182 valence electrons. The van der Waals surface area contributed by atoms with E-state index in [9.17, 15) is 14.7 Å². The van der Waals surface area contributed by atoms with Crippen LogP contribution in [0.2, 0.25) is 0 Å². The van der Waals surface area contributed by atoms with Crippen molar-refractivity contribution in [1.82, 2.24) is 18.9 Å². The SMILES string of the molecule is Cc1cc([C@@H](C)Nc2ccccc2C(=O)O)c2nc(-c3cn(-c4ccc(C#N)cc4)cn3)cc(=O)n2c1. The summed E-state index contributed by atoms with van der Waals surface area (Å²) in [5.74, 6) is -1.03. The first-order valence-electron chi connectivity index (χ1n) is 11.5. The lowest BCUT2D eigenvalue weighted by atomic mass is 10.1. The van der Waals surface area contributed by atoms with Gasteiger partial charge in [0.15, 0.2) is 0 Å². The van der Waals surface area contributed by atoms with Gasteiger partial charge in [-0.15, -0.1) is 0 Å². The maximum absolute atomic E-state index is 13.1. The number of hydrogen-bond donors (Lipinski definition) is 2. The Labute approximate surface area is 211 Å². The average Bonchev–Trinajstić information content (AvgIpc) is 3.39. The fourth-order valence-corrected chi connectivity index (χ4v) is 4.23. The topological polar surface area (TPSA) is 125 Å². The van der Waals surface area contributed by atoms with Crippen LogP contribution < -0.4 is 10.9 Å². The molecular weight excluding hydrogens is 468 g/mol. The van der Waals surface area contributed by atoms with E-state index in [0.29, 0.717) is 28.3 Å². The summed E-state index contributed by atoms with van der Waals surface area (Å²) in [6.45, 7) is 3.78. The highest BCUT2D eigenvalue weighted by Gasteiger charge is 2.18. The number of aryl methyl sites for hydroxylation is 1. The molecule has 0 bridgehead atoms. The van der Waals surface area contributed by atoms with Crippen molar-refractivity contribution in [2.45, 2.75) is 19.9 Å². The van der Waals surface area contributed by atoms with Gasteiger partial charge in [-0.2, -0.15) is 5.26 Å². The Balaban J connectivity index is 1.56. The largest absolute Gasteiger partial charge is 0.478 e. The zero-order valence-corrected chi connectivity index (χ0v) is 20.1. The highest BCUT2D eigenvalue weighted by Crippen LogP contribution is 2.26. The number of fused-ring (bicyclic) bond motifs is 1. The van der Waals surface area contributed by atoms with Crippen LogP contribution in [-0.4, -0.2) is 30.0 Å². The number of para-hydroxylation sites is 1. The van der Waals surface area contributed by atoms with E-state index in [4.69, 9.17) is 10.2 Å². The molecule has 0 aliphatic rings. The first kappa shape index (κ1) is 23.5. The molecule has 3 aromatic heterocycles. The van der Waals surface area contributed by atoms with Gasteiger partial charge in [-0.25, -0.2) is 14.8 Å². The summed E-state index contributed by atoms with van der Waals surface area (Å²) < 4.78 is 3.29. The average molecular weight is 491 g/mol. The molecule has 2 aromatic carbocycles. The number of nitrogens with one attached hydrogen (secondary N) is 1. The number of aromatic nitrogens is 4. The molecule has 0 amide bonds. The Morgan fingerprint density at radius 3 is 2.57 bits per heavy atom. The van der Waals surface area contributed by atoms with E-state index >= 15 is 0 Å². The first-order chi connectivity index (χ1) is 17.8. The Morgan fingerprint density at radius 1 is 1.08 bits per heavy atom. The highest BCUT2D eigenvalue weighted by atomic mass is 16.4. The van der Waals surface area contributed by atoms with Crippen LogP contribution in [0.25, 0.3) is 22.7 Å². The van der Waals surface area contributed by atoms with Gasteiger partial charge < -0.3 is 15.0 Å². The van der Waals surface area contributed by atoms with Gasteiger partial charge in [0.2, 0.25) is 0 Å². The van der Waals surface area contributed by atoms with Crippen molar-refractivity contribution in [3.05, 3.63) is 112 Å². The molecule has 0 aliphatic heterocycles. The van der Waals surface area contributed by atoms with Crippen molar-refractivity contribution in [2.24, 2.45) is 0 Å². The fourth-order valence-electron chi connectivity index (χ4n) is 4.23. The Morgan fingerprint density at radius 2 is 1.84 bits per heavy atom. The van der Waals surface area contributed by atoms with E-state index < -0.39 is 5.97 Å². The molecule has 0 aliphatic carbocycles. The van der Waals surface area contributed by atoms with Crippen molar-refractivity contribution >= 4 is 17.3 Å². The summed E-state index contributed by atoms with van der Waals surface area (Å²) in [4.78, 5) is 34.0. The molecule has 9 heteroatoms. The van der Waals surface area contributed by atoms with Crippen LogP contribution in [0, 0.1) is 18.3 Å². The highest BCUT2D eigenvalue weighted by molar-refractivity contribution is 5.94. The maximum atomic E-state index is 13.1. The molecule has 2 N–H and O–H groups in total. The van der Waals surface area contributed by atoms with Gasteiger partial charge >= 0.3 is 5.97 Å². The monoisotopic (exact) mass is 490 g/mol.